The van der Waals surface area contributed by atoms with E-state index >= 15 is 4.39 Å². The summed E-state index contributed by atoms with van der Waals surface area (Å²) in [6.07, 6.45) is 8.99. The minimum atomic E-state index is -0.741. The Balaban J connectivity index is 0.812. The fourth-order valence-electron chi connectivity index (χ4n) is 12.0. The summed E-state index contributed by atoms with van der Waals surface area (Å²) >= 11 is 8.44. The number of hydrogen-bond acceptors (Lipinski definition) is 15. The van der Waals surface area contributed by atoms with Gasteiger partial charge in [-0.15, -0.1) is 25.7 Å². The predicted molar refractivity (Wildman–Crippen MR) is 315 cm³/mol. The molecule has 2 bridgehead atoms. The molecule has 4 aliphatic rings. The number of carbonyl (C=O) groups excluding carboxylic acids is 2. The van der Waals surface area contributed by atoms with E-state index in [4.69, 9.17) is 41.5 Å². The van der Waals surface area contributed by atoms with Crippen LogP contribution in [0.2, 0.25) is 5.02 Å². The quantitative estimate of drug-likeness (QED) is 0.0816. The van der Waals surface area contributed by atoms with Crippen molar-refractivity contribution in [1.29, 1.82) is 5.26 Å². The molecule has 4 aliphatic heterocycles. The van der Waals surface area contributed by atoms with Gasteiger partial charge in [-0.3, -0.25) is 14.6 Å². The number of aromatic nitrogens is 6. The Morgan fingerprint density at radius 2 is 1.71 bits per heavy atom. The van der Waals surface area contributed by atoms with Crippen molar-refractivity contribution in [2.45, 2.75) is 102 Å². The van der Waals surface area contributed by atoms with E-state index in [2.05, 4.69) is 46.1 Å². The van der Waals surface area contributed by atoms with Gasteiger partial charge in [0.2, 0.25) is 11.8 Å². The number of nitrogens with one attached hydrogen (secondary N) is 2. The highest BCUT2D eigenvalue weighted by molar-refractivity contribution is 7.28. The standard InChI is InChI=1S/C60H60ClF2N12O5PS/c1-31(2)53(59(77)74-20-4-5-47(74)58(76)67-32(3)34-10-12-36(13-11-34)49-45(63)25-66-26-48(49)81)75-29-46(71-72-75)35-8-6-33(7-9-35)30-79-54-51(40-16-17-44(62)55-50(40)42(24-64)56(65)82-55)43(61)23-41-52(54)69-60(80-39-18-21-78-22-19-39)70-57(41)73-27-37-14-15-38(28-73)68-37/h6-13,16-17,23,25-26,29,31-32,37-39,47,53,68H,4-5,14-15,18-22,27-28,30,65,81H2,1-3H3,(H,67,76). The zero-order chi connectivity index (χ0) is 56.9. The van der Waals surface area contributed by atoms with Crippen molar-refractivity contribution in [3.63, 3.8) is 0 Å². The van der Waals surface area contributed by atoms with Crippen molar-refractivity contribution < 1.29 is 32.6 Å². The molecule has 2 amide bonds. The van der Waals surface area contributed by atoms with Crippen molar-refractivity contribution in [2.24, 2.45) is 5.92 Å². The number of rotatable bonds is 15. The van der Waals surface area contributed by atoms with Crippen LogP contribution >= 0.6 is 32.2 Å². The first-order valence-electron chi connectivity index (χ1n) is 27.7. The molecule has 6 atom stereocenters. The summed E-state index contributed by atoms with van der Waals surface area (Å²) < 4.78 is 51.3. The lowest BCUT2D eigenvalue weighted by Crippen LogP contribution is -2.51. The average Bonchev–Trinajstić information content (AvgIpc) is 2.99. The Kier molecular flexibility index (Phi) is 15.5. The van der Waals surface area contributed by atoms with Crippen LogP contribution in [0.4, 0.5) is 19.6 Å². The molecular weight excluding hydrogens is 1110 g/mol. The third kappa shape index (κ3) is 10.7. The van der Waals surface area contributed by atoms with E-state index < -0.39 is 23.7 Å². The summed E-state index contributed by atoms with van der Waals surface area (Å²) in [7, 11) is 2.52. The van der Waals surface area contributed by atoms with Crippen molar-refractivity contribution in [1.82, 2.24) is 45.5 Å². The van der Waals surface area contributed by atoms with E-state index in [1.807, 2.05) is 75.4 Å². The fraction of sp³-hybridized carbons (Fsp3) is 0.367. The van der Waals surface area contributed by atoms with Crippen LogP contribution in [0, 0.1) is 28.9 Å². The molecular formula is C60H60ClF2N12O5PS. The smallest absolute Gasteiger partial charge is 0.319 e. The number of nitrogens with two attached hydrogens (primary N) is 1. The van der Waals surface area contributed by atoms with Crippen molar-refractivity contribution in [3.05, 3.63) is 119 Å². The van der Waals surface area contributed by atoms with Crippen molar-refractivity contribution in [3.8, 4) is 51.3 Å². The zero-order valence-corrected chi connectivity index (χ0v) is 48.1. The Morgan fingerprint density at radius 1 is 0.963 bits per heavy atom. The van der Waals surface area contributed by atoms with Gasteiger partial charge < -0.3 is 40.4 Å². The van der Waals surface area contributed by atoms with Gasteiger partial charge in [0.25, 0.3) is 0 Å². The molecule has 0 spiro atoms. The maximum absolute atomic E-state index is 15.6. The first-order chi connectivity index (χ1) is 39.7. The Bertz CT molecular complexity index is 3770. The summed E-state index contributed by atoms with van der Waals surface area (Å²) in [4.78, 5) is 46.5. The van der Waals surface area contributed by atoms with E-state index in [0.29, 0.717) is 107 Å². The minimum absolute atomic E-state index is 0.0378. The molecule has 4 aromatic heterocycles. The summed E-state index contributed by atoms with van der Waals surface area (Å²) in [5.74, 6) is -0.649. The molecule has 82 heavy (non-hydrogen) atoms. The van der Waals surface area contributed by atoms with Gasteiger partial charge in [-0.25, -0.2) is 13.5 Å². The lowest BCUT2D eigenvalue weighted by atomic mass is 9.96. The van der Waals surface area contributed by atoms with Crippen molar-refractivity contribution >= 4 is 81.1 Å². The number of halogens is 3. The van der Waals surface area contributed by atoms with Gasteiger partial charge >= 0.3 is 6.01 Å². The number of amides is 2. The first-order valence-corrected chi connectivity index (χ1v) is 29.4. The van der Waals surface area contributed by atoms with E-state index in [1.54, 1.807) is 28.0 Å². The molecule has 8 aromatic rings. The SMILES string of the molecule is CC(NC(=O)C1CCCN1C(=O)C(C(C)C)n1cc(-c2ccc(COc3c(-c4ccc(F)c5sc(N)c(C#N)c45)c(Cl)cc4c(N5CC6CCC(C5)N6)nc(OC5CCOCC5)nc34)cc2)nn1)c1ccc(-c2c(F)cncc2P)cc1. The highest BCUT2D eigenvalue weighted by atomic mass is 35.5. The maximum atomic E-state index is 15.6. The summed E-state index contributed by atoms with van der Waals surface area (Å²) in [5.41, 5.74) is 11.8. The number of nitrogens with zero attached hydrogens (tertiary/aromatic N) is 9. The first kappa shape index (κ1) is 55.2. The molecule has 0 saturated carbocycles. The van der Waals surface area contributed by atoms with Gasteiger partial charge in [-0.2, -0.15) is 15.2 Å². The average molecular weight is 1170 g/mol. The number of nitriles is 1. The number of benzene rings is 4. The van der Waals surface area contributed by atoms with E-state index in [-0.39, 0.29) is 74.9 Å². The number of pyridine rings is 1. The van der Waals surface area contributed by atoms with Gasteiger partial charge in [0.05, 0.1) is 46.9 Å². The second-order valence-electron chi connectivity index (χ2n) is 21.9. The normalized spacial score (nSPS) is 19.0. The number of piperazine rings is 1. The topological polar surface area (TPSA) is 212 Å². The zero-order valence-electron chi connectivity index (χ0n) is 45.4. The van der Waals surface area contributed by atoms with Gasteiger partial charge in [-0.1, -0.05) is 85.3 Å². The number of thiophene rings is 1. The largest absolute Gasteiger partial charge is 0.486 e. The number of likely N-dealkylation sites (tertiary alicyclic amines) is 1. The Morgan fingerprint density at radius 3 is 2.43 bits per heavy atom. The lowest BCUT2D eigenvalue weighted by molar-refractivity contribution is -0.142. The van der Waals surface area contributed by atoms with Gasteiger partial charge in [0, 0.05) is 78.2 Å². The number of nitrogen functional groups attached to an aromatic ring is 1. The van der Waals surface area contributed by atoms with E-state index in [1.165, 1.54) is 12.3 Å². The van der Waals surface area contributed by atoms with Crippen molar-refractivity contribution in [2.75, 3.05) is 43.5 Å². The highest BCUT2D eigenvalue weighted by Crippen LogP contribution is 2.50. The third-order valence-corrected chi connectivity index (χ3v) is 17.9. The molecule has 8 heterocycles. The van der Waals surface area contributed by atoms with E-state index in [0.717, 1.165) is 54.0 Å². The number of fused-ring (bicyclic) bond motifs is 4. The molecule has 22 heteroatoms. The molecule has 422 valence electrons. The van der Waals surface area contributed by atoms with Crippen LogP contribution in [0.25, 0.3) is 54.5 Å². The molecule has 4 fully saturated rings. The second kappa shape index (κ2) is 23.1. The molecule has 0 radical (unpaired) electrons. The minimum Gasteiger partial charge on any atom is -0.486 e. The molecule has 4 aromatic carbocycles. The summed E-state index contributed by atoms with van der Waals surface area (Å²) in [6, 6.07) is 20.9. The summed E-state index contributed by atoms with van der Waals surface area (Å²) in [6.45, 7) is 8.78. The Labute approximate surface area is 483 Å². The molecule has 4 saturated heterocycles. The lowest BCUT2D eigenvalue weighted by Gasteiger charge is -2.34. The molecule has 17 nitrogen and oxygen atoms in total. The van der Waals surface area contributed by atoms with Crippen LogP contribution < -0.4 is 36.0 Å². The van der Waals surface area contributed by atoms with Crippen LogP contribution in [0.1, 0.15) is 88.1 Å². The fourth-order valence-corrected chi connectivity index (χ4v) is 13.6. The van der Waals surface area contributed by atoms with Gasteiger partial charge in [-0.05, 0) is 78.2 Å². The molecule has 6 unspecified atom stereocenters. The molecule has 12 rings (SSSR count). The maximum Gasteiger partial charge on any atom is 0.319 e. The van der Waals surface area contributed by atoms with Crippen LogP contribution in [0.15, 0.2) is 85.3 Å². The van der Waals surface area contributed by atoms with Crippen LogP contribution in [-0.2, 0) is 20.9 Å². The highest BCUT2D eigenvalue weighted by Gasteiger charge is 2.40. The van der Waals surface area contributed by atoms with Crippen LogP contribution in [-0.4, -0.2) is 104 Å². The number of anilines is 2. The van der Waals surface area contributed by atoms with Crippen LogP contribution in [0.3, 0.4) is 0 Å². The molecule has 0 aliphatic carbocycles. The summed E-state index contributed by atoms with van der Waals surface area (Å²) in [5, 5.41) is 28.3. The Hall–Kier alpha value is -7.40. The van der Waals surface area contributed by atoms with Gasteiger partial charge in [0.15, 0.2) is 5.75 Å². The van der Waals surface area contributed by atoms with Crippen LogP contribution in [0.5, 0.6) is 11.8 Å². The monoisotopic (exact) mass is 1160 g/mol. The number of hydrogen-bond donors (Lipinski definition) is 3. The number of carbonyl (C=O) groups is 2. The van der Waals surface area contributed by atoms with Gasteiger partial charge in [0.1, 0.15) is 64.5 Å². The third-order valence-electron chi connectivity index (χ3n) is 16.2. The van der Waals surface area contributed by atoms with E-state index in [9.17, 15) is 19.2 Å². The molecule has 4 N–H and O–H groups in total. The second-order valence-corrected chi connectivity index (χ2v) is 24.0. The predicted octanol–water partition coefficient (Wildman–Crippen LogP) is 9.86. The number of ether oxygens (including phenoxy) is 3.